The van der Waals surface area contributed by atoms with Gasteiger partial charge in [-0.1, -0.05) is 58.0 Å². The Balaban J connectivity index is 2.75. The molecule has 1 aromatic carbocycles. The van der Waals surface area contributed by atoms with E-state index < -0.39 is 0 Å². The first-order valence-electron chi connectivity index (χ1n) is 5.65. The molecule has 0 aliphatic heterocycles. The number of hydrogen-bond acceptors (Lipinski definition) is 0. The van der Waals surface area contributed by atoms with Crippen LogP contribution < -0.4 is 0 Å². The summed E-state index contributed by atoms with van der Waals surface area (Å²) in [6, 6.07) is 4.25. The average molecular weight is 369 g/mol. The van der Waals surface area contributed by atoms with E-state index >= 15 is 0 Å². The Labute approximate surface area is 120 Å². The zero-order chi connectivity index (χ0) is 12.1. The van der Waals surface area contributed by atoms with Gasteiger partial charge in [0.25, 0.3) is 0 Å². The van der Waals surface area contributed by atoms with Gasteiger partial charge in [0.15, 0.2) is 0 Å². The van der Waals surface area contributed by atoms with Crippen molar-refractivity contribution >= 4 is 43.5 Å². The van der Waals surface area contributed by atoms with Crippen LogP contribution in [0.3, 0.4) is 0 Å². The van der Waals surface area contributed by atoms with Crippen LogP contribution in [0.25, 0.3) is 0 Å². The molecular formula is C13H17Br2Cl. The molecule has 0 fully saturated rings. The minimum absolute atomic E-state index is 0.109. The van der Waals surface area contributed by atoms with E-state index in [0.29, 0.717) is 0 Å². The SMILES string of the molecule is CCCCCC(Cl)c1cc(Br)c(C)cc1Br. The minimum Gasteiger partial charge on any atom is -0.118 e. The van der Waals surface area contributed by atoms with Crippen molar-refractivity contribution in [1.82, 2.24) is 0 Å². The van der Waals surface area contributed by atoms with Gasteiger partial charge in [-0.3, -0.25) is 0 Å². The maximum absolute atomic E-state index is 6.42. The van der Waals surface area contributed by atoms with Crippen LogP contribution in [0.2, 0.25) is 0 Å². The number of hydrogen-bond donors (Lipinski definition) is 0. The van der Waals surface area contributed by atoms with Gasteiger partial charge in [-0.05, 0) is 36.6 Å². The third-order valence-electron chi connectivity index (χ3n) is 2.68. The summed E-state index contributed by atoms with van der Waals surface area (Å²) in [6.45, 7) is 4.29. The summed E-state index contributed by atoms with van der Waals surface area (Å²) in [5.74, 6) is 0. The van der Waals surface area contributed by atoms with E-state index in [1.165, 1.54) is 30.4 Å². The fourth-order valence-electron chi connectivity index (χ4n) is 1.63. The number of aryl methyl sites for hydroxylation is 1. The number of unbranched alkanes of at least 4 members (excludes halogenated alkanes) is 2. The molecule has 0 spiro atoms. The minimum atomic E-state index is 0.109. The Bertz CT molecular complexity index is 350. The van der Waals surface area contributed by atoms with E-state index in [-0.39, 0.29) is 5.38 Å². The van der Waals surface area contributed by atoms with Crippen molar-refractivity contribution in [3.05, 3.63) is 32.2 Å². The average Bonchev–Trinajstić information content (AvgIpc) is 2.23. The molecule has 0 radical (unpaired) electrons. The van der Waals surface area contributed by atoms with Crippen molar-refractivity contribution in [1.29, 1.82) is 0 Å². The number of benzene rings is 1. The second kappa shape index (κ2) is 7.03. The van der Waals surface area contributed by atoms with Crippen LogP contribution in [0, 0.1) is 6.92 Å². The molecular weight excluding hydrogens is 351 g/mol. The first-order chi connectivity index (χ1) is 7.56. The molecule has 1 atom stereocenters. The maximum Gasteiger partial charge on any atom is 0.0596 e. The summed E-state index contributed by atoms with van der Waals surface area (Å²) in [7, 11) is 0. The molecule has 0 saturated heterocycles. The topological polar surface area (TPSA) is 0 Å². The lowest BCUT2D eigenvalue weighted by Gasteiger charge is -2.13. The molecule has 0 saturated carbocycles. The predicted molar refractivity (Wildman–Crippen MR) is 79.3 cm³/mol. The van der Waals surface area contributed by atoms with Crippen LogP contribution in [0.1, 0.15) is 49.1 Å². The molecule has 1 aromatic rings. The third kappa shape index (κ3) is 4.05. The lowest BCUT2D eigenvalue weighted by Crippen LogP contribution is -1.94. The Hall–Kier alpha value is 0.470. The monoisotopic (exact) mass is 366 g/mol. The van der Waals surface area contributed by atoms with Gasteiger partial charge in [-0.15, -0.1) is 11.6 Å². The molecule has 1 unspecified atom stereocenters. The molecule has 90 valence electrons. The highest BCUT2D eigenvalue weighted by Gasteiger charge is 2.12. The molecule has 0 aliphatic carbocycles. The van der Waals surface area contributed by atoms with E-state index in [2.05, 4.69) is 57.8 Å². The highest BCUT2D eigenvalue weighted by molar-refractivity contribution is 9.11. The Morgan fingerprint density at radius 3 is 2.50 bits per heavy atom. The van der Waals surface area contributed by atoms with Gasteiger partial charge in [-0.2, -0.15) is 0 Å². The molecule has 0 bridgehead atoms. The van der Waals surface area contributed by atoms with E-state index in [9.17, 15) is 0 Å². The Morgan fingerprint density at radius 1 is 1.19 bits per heavy atom. The maximum atomic E-state index is 6.42. The van der Waals surface area contributed by atoms with Gasteiger partial charge in [0.1, 0.15) is 0 Å². The standard InChI is InChI=1S/C13H17Br2Cl/c1-3-4-5-6-13(16)10-8-11(14)9(2)7-12(10)15/h7-8,13H,3-6H2,1-2H3. The zero-order valence-electron chi connectivity index (χ0n) is 9.69. The molecule has 0 nitrogen and oxygen atoms in total. The molecule has 0 aromatic heterocycles. The van der Waals surface area contributed by atoms with Gasteiger partial charge >= 0.3 is 0 Å². The molecule has 3 heteroatoms. The van der Waals surface area contributed by atoms with Crippen LogP contribution in [-0.4, -0.2) is 0 Å². The zero-order valence-corrected chi connectivity index (χ0v) is 13.6. The van der Waals surface area contributed by atoms with Crippen molar-refractivity contribution in [2.45, 2.75) is 44.9 Å². The summed E-state index contributed by atoms with van der Waals surface area (Å²) >= 11 is 13.6. The quantitative estimate of drug-likeness (QED) is 0.418. The number of rotatable bonds is 5. The summed E-state index contributed by atoms with van der Waals surface area (Å²) in [5.41, 5.74) is 2.42. The largest absolute Gasteiger partial charge is 0.118 e. The second-order valence-corrected chi connectivity index (χ2v) is 6.32. The summed E-state index contributed by atoms with van der Waals surface area (Å²) in [6.07, 6.45) is 4.74. The first-order valence-corrected chi connectivity index (χ1v) is 7.68. The third-order valence-corrected chi connectivity index (χ3v) is 4.67. The van der Waals surface area contributed by atoms with Gasteiger partial charge in [0.2, 0.25) is 0 Å². The summed E-state index contributed by atoms with van der Waals surface area (Å²) < 4.78 is 2.25. The first kappa shape index (κ1) is 14.5. The number of alkyl halides is 1. The number of halogens is 3. The lowest BCUT2D eigenvalue weighted by molar-refractivity contribution is 0.654. The van der Waals surface area contributed by atoms with E-state index in [0.717, 1.165) is 15.4 Å². The molecule has 0 aliphatic rings. The molecule has 1 rings (SSSR count). The van der Waals surface area contributed by atoms with Crippen molar-refractivity contribution in [2.24, 2.45) is 0 Å². The lowest BCUT2D eigenvalue weighted by atomic mass is 10.0. The Morgan fingerprint density at radius 2 is 1.88 bits per heavy atom. The highest BCUT2D eigenvalue weighted by atomic mass is 79.9. The normalized spacial score (nSPS) is 12.8. The molecule has 16 heavy (non-hydrogen) atoms. The van der Waals surface area contributed by atoms with E-state index in [1.54, 1.807) is 0 Å². The van der Waals surface area contributed by atoms with Crippen LogP contribution in [0.15, 0.2) is 21.1 Å². The van der Waals surface area contributed by atoms with Crippen molar-refractivity contribution in [3.63, 3.8) is 0 Å². The fraction of sp³-hybridized carbons (Fsp3) is 0.538. The van der Waals surface area contributed by atoms with Crippen LogP contribution in [-0.2, 0) is 0 Å². The van der Waals surface area contributed by atoms with Crippen LogP contribution in [0.4, 0.5) is 0 Å². The fourth-order valence-corrected chi connectivity index (χ4v) is 3.19. The highest BCUT2D eigenvalue weighted by Crippen LogP contribution is 2.35. The van der Waals surface area contributed by atoms with Gasteiger partial charge in [0, 0.05) is 8.95 Å². The summed E-state index contributed by atoms with van der Waals surface area (Å²) in [5, 5.41) is 0.109. The van der Waals surface area contributed by atoms with Gasteiger partial charge in [0.05, 0.1) is 5.38 Å². The van der Waals surface area contributed by atoms with Gasteiger partial charge < -0.3 is 0 Å². The van der Waals surface area contributed by atoms with E-state index in [1.807, 2.05) is 0 Å². The van der Waals surface area contributed by atoms with Gasteiger partial charge in [-0.25, -0.2) is 0 Å². The molecule has 0 heterocycles. The second-order valence-electron chi connectivity index (χ2n) is 4.09. The Kier molecular flexibility index (Phi) is 6.38. The van der Waals surface area contributed by atoms with Crippen LogP contribution in [0.5, 0.6) is 0 Å². The summed E-state index contributed by atoms with van der Waals surface area (Å²) in [4.78, 5) is 0. The van der Waals surface area contributed by atoms with Crippen molar-refractivity contribution < 1.29 is 0 Å². The van der Waals surface area contributed by atoms with E-state index in [4.69, 9.17) is 11.6 Å². The van der Waals surface area contributed by atoms with Crippen molar-refractivity contribution in [2.75, 3.05) is 0 Å². The smallest absolute Gasteiger partial charge is 0.0596 e. The predicted octanol–water partition coefficient (Wildman–Crippen LogP) is 6.38. The van der Waals surface area contributed by atoms with Crippen molar-refractivity contribution in [3.8, 4) is 0 Å². The van der Waals surface area contributed by atoms with Crippen LogP contribution >= 0.6 is 43.5 Å². The molecule has 0 amide bonds. The molecule has 0 N–H and O–H groups in total.